The summed E-state index contributed by atoms with van der Waals surface area (Å²) in [5.74, 6) is 0.0824. The van der Waals surface area contributed by atoms with Crippen LogP contribution in [0.15, 0.2) is 24.3 Å². The molecule has 1 aromatic carbocycles. The summed E-state index contributed by atoms with van der Waals surface area (Å²) in [4.78, 5) is 24.5. The minimum Gasteiger partial charge on any atom is -0.351 e. The Morgan fingerprint density at radius 1 is 1.08 bits per heavy atom. The maximum Gasteiger partial charge on any atom is 0.251 e. The van der Waals surface area contributed by atoms with E-state index in [0.717, 1.165) is 45.2 Å². The molecule has 1 aliphatic carbocycles. The van der Waals surface area contributed by atoms with E-state index in [2.05, 4.69) is 22.9 Å². The molecule has 1 aromatic rings. The van der Waals surface area contributed by atoms with Crippen LogP contribution in [0.2, 0.25) is 0 Å². The van der Waals surface area contributed by atoms with E-state index in [4.69, 9.17) is 0 Å². The lowest BCUT2D eigenvalue weighted by Crippen LogP contribution is -2.32. The molecule has 5 nitrogen and oxygen atoms in total. The standard InChI is InChI=1S/C19H29N3O2/c1-2-11-20-12-13-21-18(23)16-9-6-10-17(14-16)22-19(24)15-7-4-3-5-8-15/h6,9-10,14-15,20H,2-5,7-8,11-13H2,1H3,(H,21,23)(H,22,24). The predicted molar refractivity (Wildman–Crippen MR) is 97.1 cm³/mol. The molecule has 132 valence electrons. The average Bonchev–Trinajstić information content (AvgIpc) is 2.62. The highest BCUT2D eigenvalue weighted by molar-refractivity contribution is 5.97. The van der Waals surface area contributed by atoms with Crippen LogP contribution >= 0.6 is 0 Å². The quantitative estimate of drug-likeness (QED) is 0.642. The van der Waals surface area contributed by atoms with Gasteiger partial charge in [-0.1, -0.05) is 32.3 Å². The maximum atomic E-state index is 12.3. The van der Waals surface area contributed by atoms with Crippen molar-refractivity contribution in [2.24, 2.45) is 5.92 Å². The summed E-state index contributed by atoms with van der Waals surface area (Å²) in [6.45, 7) is 4.42. The van der Waals surface area contributed by atoms with E-state index in [0.29, 0.717) is 17.8 Å². The van der Waals surface area contributed by atoms with E-state index in [9.17, 15) is 9.59 Å². The van der Waals surface area contributed by atoms with Crippen LogP contribution in [0.4, 0.5) is 5.69 Å². The summed E-state index contributed by atoms with van der Waals surface area (Å²) in [6, 6.07) is 7.15. The van der Waals surface area contributed by atoms with E-state index < -0.39 is 0 Å². The molecule has 1 fully saturated rings. The van der Waals surface area contributed by atoms with Crippen LogP contribution in [-0.2, 0) is 4.79 Å². The minimum absolute atomic E-state index is 0.0797. The molecule has 0 heterocycles. The lowest BCUT2D eigenvalue weighted by molar-refractivity contribution is -0.120. The van der Waals surface area contributed by atoms with Crippen molar-refractivity contribution in [3.8, 4) is 0 Å². The van der Waals surface area contributed by atoms with Gasteiger partial charge in [0.1, 0.15) is 0 Å². The van der Waals surface area contributed by atoms with Crippen molar-refractivity contribution >= 4 is 17.5 Å². The lowest BCUT2D eigenvalue weighted by Gasteiger charge is -2.20. The van der Waals surface area contributed by atoms with Crippen LogP contribution in [0.25, 0.3) is 0 Å². The Morgan fingerprint density at radius 2 is 1.88 bits per heavy atom. The number of hydrogen-bond acceptors (Lipinski definition) is 3. The van der Waals surface area contributed by atoms with Gasteiger partial charge in [-0.25, -0.2) is 0 Å². The number of benzene rings is 1. The van der Waals surface area contributed by atoms with Crippen LogP contribution < -0.4 is 16.0 Å². The molecule has 24 heavy (non-hydrogen) atoms. The largest absolute Gasteiger partial charge is 0.351 e. The number of nitrogens with one attached hydrogen (secondary N) is 3. The second-order valence-electron chi connectivity index (χ2n) is 6.41. The zero-order valence-electron chi connectivity index (χ0n) is 14.6. The van der Waals surface area contributed by atoms with Gasteiger partial charge in [0.2, 0.25) is 5.91 Å². The van der Waals surface area contributed by atoms with E-state index >= 15 is 0 Å². The molecule has 2 rings (SSSR count). The maximum absolute atomic E-state index is 12.3. The van der Waals surface area contributed by atoms with Crippen molar-refractivity contribution in [2.75, 3.05) is 25.0 Å². The highest BCUT2D eigenvalue weighted by Gasteiger charge is 2.21. The number of amides is 2. The average molecular weight is 331 g/mol. The van der Waals surface area contributed by atoms with Gasteiger partial charge in [0, 0.05) is 30.3 Å². The third-order valence-electron chi connectivity index (χ3n) is 4.38. The summed E-state index contributed by atoms with van der Waals surface area (Å²) >= 11 is 0. The number of carbonyl (C=O) groups is 2. The Hall–Kier alpha value is -1.88. The number of carbonyl (C=O) groups excluding carboxylic acids is 2. The van der Waals surface area contributed by atoms with Gasteiger partial charge in [-0.05, 0) is 44.0 Å². The molecular weight excluding hydrogens is 302 g/mol. The summed E-state index contributed by atoms with van der Waals surface area (Å²) in [7, 11) is 0. The third-order valence-corrected chi connectivity index (χ3v) is 4.38. The number of hydrogen-bond donors (Lipinski definition) is 3. The minimum atomic E-state index is -0.109. The molecular formula is C19H29N3O2. The van der Waals surface area contributed by atoms with Gasteiger partial charge in [-0.3, -0.25) is 9.59 Å². The Morgan fingerprint density at radius 3 is 2.62 bits per heavy atom. The molecule has 3 N–H and O–H groups in total. The van der Waals surface area contributed by atoms with Crippen LogP contribution in [0.3, 0.4) is 0 Å². The Balaban J connectivity index is 1.83. The monoisotopic (exact) mass is 331 g/mol. The molecule has 2 amide bonds. The molecule has 0 aromatic heterocycles. The predicted octanol–water partition coefficient (Wildman–Crippen LogP) is 2.93. The van der Waals surface area contributed by atoms with Gasteiger partial charge in [0.15, 0.2) is 0 Å². The Kier molecular flexibility index (Phi) is 7.75. The Labute approximate surface area is 144 Å². The first-order chi connectivity index (χ1) is 11.7. The first kappa shape index (κ1) is 18.5. The molecule has 0 radical (unpaired) electrons. The van der Waals surface area contributed by atoms with Gasteiger partial charge in [0.05, 0.1) is 0 Å². The molecule has 0 aliphatic heterocycles. The van der Waals surface area contributed by atoms with Gasteiger partial charge < -0.3 is 16.0 Å². The molecule has 0 spiro atoms. The van der Waals surface area contributed by atoms with Crippen molar-refractivity contribution in [3.05, 3.63) is 29.8 Å². The van der Waals surface area contributed by atoms with Gasteiger partial charge in [-0.2, -0.15) is 0 Å². The fraction of sp³-hybridized carbons (Fsp3) is 0.579. The summed E-state index contributed by atoms with van der Waals surface area (Å²) in [6.07, 6.45) is 6.51. The van der Waals surface area contributed by atoms with Crippen molar-refractivity contribution in [2.45, 2.75) is 45.4 Å². The topological polar surface area (TPSA) is 70.2 Å². The third kappa shape index (κ3) is 5.96. The van der Waals surface area contributed by atoms with Crippen molar-refractivity contribution < 1.29 is 9.59 Å². The van der Waals surface area contributed by atoms with E-state index in [1.54, 1.807) is 18.2 Å². The SMILES string of the molecule is CCCNCCNC(=O)c1cccc(NC(=O)C2CCCCC2)c1. The zero-order chi connectivity index (χ0) is 17.2. The summed E-state index contributed by atoms with van der Waals surface area (Å²) in [5, 5.41) is 9.09. The van der Waals surface area contributed by atoms with Gasteiger partial charge >= 0.3 is 0 Å². The first-order valence-corrected chi connectivity index (χ1v) is 9.10. The molecule has 0 bridgehead atoms. The second-order valence-corrected chi connectivity index (χ2v) is 6.41. The van der Waals surface area contributed by atoms with Crippen LogP contribution in [-0.4, -0.2) is 31.4 Å². The number of rotatable bonds is 8. The van der Waals surface area contributed by atoms with Gasteiger partial charge in [0.25, 0.3) is 5.91 Å². The van der Waals surface area contributed by atoms with Crippen LogP contribution in [0, 0.1) is 5.92 Å². The van der Waals surface area contributed by atoms with Crippen molar-refractivity contribution in [1.29, 1.82) is 0 Å². The van der Waals surface area contributed by atoms with Gasteiger partial charge in [-0.15, -0.1) is 0 Å². The normalized spacial score (nSPS) is 15.0. The fourth-order valence-corrected chi connectivity index (χ4v) is 3.02. The zero-order valence-corrected chi connectivity index (χ0v) is 14.6. The van der Waals surface area contributed by atoms with Crippen molar-refractivity contribution in [1.82, 2.24) is 10.6 Å². The first-order valence-electron chi connectivity index (χ1n) is 9.10. The molecule has 0 saturated heterocycles. The van der Waals surface area contributed by atoms with E-state index in [-0.39, 0.29) is 17.7 Å². The highest BCUT2D eigenvalue weighted by Crippen LogP contribution is 2.25. The highest BCUT2D eigenvalue weighted by atomic mass is 16.2. The van der Waals surface area contributed by atoms with E-state index in [1.807, 2.05) is 6.07 Å². The number of anilines is 1. The fourth-order valence-electron chi connectivity index (χ4n) is 3.02. The summed E-state index contributed by atoms with van der Waals surface area (Å²) < 4.78 is 0. The Bertz CT molecular complexity index is 539. The second kappa shape index (κ2) is 10.1. The van der Waals surface area contributed by atoms with Crippen LogP contribution in [0.5, 0.6) is 0 Å². The van der Waals surface area contributed by atoms with Crippen LogP contribution in [0.1, 0.15) is 55.8 Å². The molecule has 5 heteroatoms. The smallest absolute Gasteiger partial charge is 0.251 e. The molecule has 0 unspecified atom stereocenters. The van der Waals surface area contributed by atoms with E-state index in [1.165, 1.54) is 6.42 Å². The lowest BCUT2D eigenvalue weighted by atomic mass is 9.88. The molecule has 1 aliphatic rings. The summed E-state index contributed by atoms with van der Waals surface area (Å²) in [5.41, 5.74) is 1.27. The molecule has 1 saturated carbocycles. The molecule has 0 atom stereocenters. The van der Waals surface area contributed by atoms with Crippen molar-refractivity contribution in [3.63, 3.8) is 0 Å².